The Morgan fingerprint density at radius 1 is 1.47 bits per heavy atom. The first-order valence-electron chi connectivity index (χ1n) is 5.07. The van der Waals surface area contributed by atoms with Gasteiger partial charge >= 0.3 is 6.18 Å². The molecule has 0 aliphatic carbocycles. The Hall–Kier alpha value is -1.97. The minimum atomic E-state index is -4.56. The number of carbonyl (C=O) groups excluding carboxylic acids is 1. The number of hydrogen-bond donors (Lipinski definition) is 1. The lowest BCUT2D eigenvalue weighted by Gasteiger charge is -2.11. The molecule has 0 aliphatic heterocycles. The van der Waals surface area contributed by atoms with Crippen molar-refractivity contribution in [1.29, 1.82) is 0 Å². The van der Waals surface area contributed by atoms with E-state index in [0.29, 0.717) is 0 Å². The molecule has 0 aromatic carbocycles. The van der Waals surface area contributed by atoms with Crippen LogP contribution < -0.4 is 5.32 Å². The SMILES string of the molecule is CC(C(=O)Nc1nnc(C(F)(F)F)s1)n1ccnc1. The Morgan fingerprint density at radius 3 is 2.74 bits per heavy atom. The third-order valence-corrected chi connectivity index (χ3v) is 3.13. The third-order valence-electron chi connectivity index (χ3n) is 2.25. The topological polar surface area (TPSA) is 72.7 Å². The summed E-state index contributed by atoms with van der Waals surface area (Å²) in [6.07, 6.45) is -0.0515. The first-order chi connectivity index (χ1) is 8.88. The highest BCUT2D eigenvalue weighted by atomic mass is 32.1. The van der Waals surface area contributed by atoms with Crippen LogP contribution in [0.1, 0.15) is 18.0 Å². The second-order valence-corrected chi connectivity index (χ2v) is 4.56. The van der Waals surface area contributed by atoms with Crippen LogP contribution in [0.5, 0.6) is 0 Å². The quantitative estimate of drug-likeness (QED) is 0.938. The van der Waals surface area contributed by atoms with Crippen molar-refractivity contribution in [2.45, 2.75) is 19.1 Å². The second kappa shape index (κ2) is 4.96. The van der Waals surface area contributed by atoms with Crippen molar-refractivity contribution in [2.24, 2.45) is 0 Å². The molecule has 2 heterocycles. The lowest BCUT2D eigenvalue weighted by Crippen LogP contribution is -2.22. The van der Waals surface area contributed by atoms with Crippen molar-refractivity contribution in [2.75, 3.05) is 5.32 Å². The number of aromatic nitrogens is 4. The van der Waals surface area contributed by atoms with Gasteiger partial charge in [0.2, 0.25) is 16.0 Å². The van der Waals surface area contributed by atoms with Crippen LogP contribution in [-0.4, -0.2) is 25.7 Å². The van der Waals surface area contributed by atoms with Crippen molar-refractivity contribution in [3.05, 3.63) is 23.7 Å². The molecule has 0 aliphatic rings. The lowest BCUT2D eigenvalue weighted by atomic mass is 10.3. The van der Waals surface area contributed by atoms with E-state index in [0.717, 1.165) is 0 Å². The summed E-state index contributed by atoms with van der Waals surface area (Å²) in [4.78, 5) is 15.5. The molecule has 1 amide bonds. The van der Waals surface area contributed by atoms with Gasteiger partial charge in [0.15, 0.2) is 0 Å². The number of imidazole rings is 1. The highest BCUT2D eigenvalue weighted by molar-refractivity contribution is 7.15. The van der Waals surface area contributed by atoms with E-state index >= 15 is 0 Å². The van der Waals surface area contributed by atoms with E-state index in [2.05, 4.69) is 20.5 Å². The molecule has 2 rings (SSSR count). The van der Waals surface area contributed by atoms with Crippen molar-refractivity contribution < 1.29 is 18.0 Å². The fourth-order valence-corrected chi connectivity index (χ4v) is 1.85. The molecule has 0 fully saturated rings. The zero-order valence-corrected chi connectivity index (χ0v) is 10.4. The molecule has 0 bridgehead atoms. The van der Waals surface area contributed by atoms with E-state index in [-0.39, 0.29) is 16.5 Å². The average Bonchev–Trinajstić information content (AvgIpc) is 2.97. The summed E-state index contributed by atoms with van der Waals surface area (Å²) in [5.74, 6) is -0.497. The number of rotatable bonds is 3. The Bertz CT molecular complexity index is 565. The van der Waals surface area contributed by atoms with Gasteiger partial charge in [-0.3, -0.25) is 10.1 Å². The highest BCUT2D eigenvalue weighted by Gasteiger charge is 2.35. The lowest BCUT2D eigenvalue weighted by molar-refractivity contribution is -0.138. The van der Waals surface area contributed by atoms with Gasteiger partial charge < -0.3 is 4.57 Å². The zero-order valence-electron chi connectivity index (χ0n) is 9.55. The van der Waals surface area contributed by atoms with Crippen LogP contribution in [0.2, 0.25) is 0 Å². The van der Waals surface area contributed by atoms with E-state index in [9.17, 15) is 18.0 Å². The van der Waals surface area contributed by atoms with Crippen LogP contribution in [0, 0.1) is 0 Å². The van der Waals surface area contributed by atoms with Crippen molar-refractivity contribution in [3.8, 4) is 0 Å². The molecule has 0 radical (unpaired) electrons. The van der Waals surface area contributed by atoms with Crippen LogP contribution in [-0.2, 0) is 11.0 Å². The largest absolute Gasteiger partial charge is 0.445 e. The number of hydrogen-bond acceptors (Lipinski definition) is 5. The Labute approximate surface area is 109 Å². The highest BCUT2D eigenvalue weighted by Crippen LogP contribution is 2.33. The fraction of sp³-hybridized carbons (Fsp3) is 0.333. The maximum atomic E-state index is 12.3. The minimum Gasteiger partial charge on any atom is -0.325 e. The number of nitrogens with one attached hydrogen (secondary N) is 1. The van der Waals surface area contributed by atoms with E-state index in [1.165, 1.54) is 17.1 Å². The standard InChI is InChI=1S/C9H8F3N5OS/c1-5(17-3-2-13-4-17)6(18)14-8-16-15-7(19-8)9(10,11)12/h2-5H,1H3,(H,14,16,18). The molecule has 1 N–H and O–H groups in total. The van der Waals surface area contributed by atoms with Crippen molar-refractivity contribution >= 4 is 22.4 Å². The minimum absolute atomic E-state index is 0.190. The predicted octanol–water partition coefficient (Wildman–Crippen LogP) is 1.95. The van der Waals surface area contributed by atoms with Gasteiger partial charge in [0.05, 0.1) is 6.33 Å². The van der Waals surface area contributed by atoms with Gasteiger partial charge in [0.1, 0.15) is 6.04 Å². The van der Waals surface area contributed by atoms with Gasteiger partial charge in [0.25, 0.3) is 0 Å². The van der Waals surface area contributed by atoms with Gasteiger partial charge in [-0.1, -0.05) is 11.3 Å². The molecule has 19 heavy (non-hydrogen) atoms. The number of halogens is 3. The third kappa shape index (κ3) is 3.08. The molecule has 102 valence electrons. The van der Waals surface area contributed by atoms with Crippen LogP contribution >= 0.6 is 11.3 Å². The summed E-state index contributed by atoms with van der Waals surface area (Å²) in [7, 11) is 0. The Morgan fingerprint density at radius 2 is 2.21 bits per heavy atom. The summed E-state index contributed by atoms with van der Waals surface area (Å²) in [5.41, 5.74) is 0. The fourth-order valence-electron chi connectivity index (χ4n) is 1.23. The van der Waals surface area contributed by atoms with Gasteiger partial charge in [-0.15, -0.1) is 10.2 Å². The number of amides is 1. The molecule has 0 spiro atoms. The molecular weight excluding hydrogens is 283 g/mol. The summed E-state index contributed by atoms with van der Waals surface area (Å²) < 4.78 is 38.4. The van der Waals surface area contributed by atoms with Gasteiger partial charge in [-0.05, 0) is 6.92 Å². The Balaban J connectivity index is 2.05. The summed E-state index contributed by atoms with van der Waals surface area (Å²) in [6, 6.07) is -0.610. The van der Waals surface area contributed by atoms with Gasteiger partial charge in [-0.25, -0.2) is 4.98 Å². The summed E-state index contributed by atoms with van der Waals surface area (Å²) in [5, 5.41) is 7.24. The molecule has 6 nitrogen and oxygen atoms in total. The monoisotopic (exact) mass is 291 g/mol. The Kier molecular flexibility index (Phi) is 3.51. The molecule has 0 saturated heterocycles. The molecule has 1 unspecified atom stereocenters. The molecular formula is C9H8F3N5OS. The van der Waals surface area contributed by atoms with Gasteiger partial charge in [-0.2, -0.15) is 13.2 Å². The molecule has 2 aromatic heterocycles. The molecule has 2 aromatic rings. The van der Waals surface area contributed by atoms with Gasteiger partial charge in [0, 0.05) is 12.4 Å². The summed E-state index contributed by atoms with van der Waals surface area (Å²) in [6.45, 7) is 1.59. The molecule has 1 atom stereocenters. The van der Waals surface area contributed by atoms with Crippen LogP contribution in [0.25, 0.3) is 0 Å². The van der Waals surface area contributed by atoms with Crippen LogP contribution in [0.4, 0.5) is 18.3 Å². The number of carbonyl (C=O) groups is 1. The van der Waals surface area contributed by atoms with Crippen molar-refractivity contribution in [3.63, 3.8) is 0 Å². The smallest absolute Gasteiger partial charge is 0.325 e. The molecule has 10 heteroatoms. The maximum Gasteiger partial charge on any atom is 0.445 e. The van der Waals surface area contributed by atoms with Crippen molar-refractivity contribution in [1.82, 2.24) is 19.7 Å². The predicted molar refractivity (Wildman–Crippen MR) is 60.5 cm³/mol. The number of alkyl halides is 3. The normalized spacial score (nSPS) is 13.3. The van der Waals surface area contributed by atoms with Crippen LogP contribution in [0.3, 0.4) is 0 Å². The summed E-state index contributed by atoms with van der Waals surface area (Å²) >= 11 is 0.279. The van der Waals surface area contributed by atoms with Crippen LogP contribution in [0.15, 0.2) is 18.7 Å². The van der Waals surface area contributed by atoms with E-state index in [4.69, 9.17) is 0 Å². The average molecular weight is 291 g/mol. The second-order valence-electron chi connectivity index (χ2n) is 3.59. The number of anilines is 1. The maximum absolute atomic E-state index is 12.3. The first kappa shape index (κ1) is 13.5. The zero-order chi connectivity index (χ0) is 14.0. The molecule has 0 saturated carbocycles. The number of nitrogens with zero attached hydrogens (tertiary/aromatic N) is 4. The van der Waals surface area contributed by atoms with E-state index in [1.807, 2.05) is 0 Å². The first-order valence-corrected chi connectivity index (χ1v) is 5.88. The van der Waals surface area contributed by atoms with E-state index in [1.54, 1.807) is 13.1 Å². The van der Waals surface area contributed by atoms with E-state index < -0.39 is 23.1 Å².